The summed E-state index contributed by atoms with van der Waals surface area (Å²) in [5.74, 6) is 0.741. The van der Waals surface area contributed by atoms with Crippen molar-refractivity contribution < 1.29 is 4.74 Å². The van der Waals surface area contributed by atoms with Gasteiger partial charge in [0.25, 0.3) is 0 Å². The van der Waals surface area contributed by atoms with E-state index in [1.165, 1.54) is 24.0 Å². The quantitative estimate of drug-likeness (QED) is 0.554. The fourth-order valence-corrected chi connectivity index (χ4v) is 2.49. The van der Waals surface area contributed by atoms with E-state index in [1.54, 1.807) is 0 Å². The predicted molar refractivity (Wildman–Crippen MR) is 68.0 cm³/mol. The topological polar surface area (TPSA) is 9.23 Å². The Morgan fingerprint density at radius 3 is 3.00 bits per heavy atom. The zero-order valence-electron chi connectivity index (χ0n) is 9.62. The summed E-state index contributed by atoms with van der Waals surface area (Å²) < 4.78 is 5.95. The second-order valence-electron chi connectivity index (χ2n) is 4.35. The van der Waals surface area contributed by atoms with Crippen LogP contribution in [0.15, 0.2) is 24.3 Å². The summed E-state index contributed by atoms with van der Waals surface area (Å²) in [4.78, 5) is 0. The first-order valence-electron chi connectivity index (χ1n) is 6.17. The molecule has 0 aliphatic heterocycles. The fourth-order valence-electron chi connectivity index (χ4n) is 2.30. The average molecular weight is 239 g/mol. The first-order valence-corrected chi connectivity index (χ1v) is 6.70. The molecule has 0 amide bonds. The molecular formula is C14H19ClO. The van der Waals surface area contributed by atoms with Gasteiger partial charge in [0.05, 0.1) is 6.10 Å². The second-order valence-corrected chi connectivity index (χ2v) is 4.72. The molecule has 1 aromatic rings. The molecule has 0 bridgehead atoms. The summed E-state index contributed by atoms with van der Waals surface area (Å²) in [5, 5.41) is 0. The Labute approximate surface area is 103 Å². The molecule has 1 aliphatic rings. The van der Waals surface area contributed by atoms with Crippen molar-refractivity contribution in [1.82, 2.24) is 0 Å². The summed E-state index contributed by atoms with van der Waals surface area (Å²) in [5.41, 5.74) is 2.87. The summed E-state index contributed by atoms with van der Waals surface area (Å²) in [7, 11) is 0. The molecule has 0 fully saturated rings. The Hall–Kier alpha value is -0.530. The maximum absolute atomic E-state index is 5.95. The smallest absolute Gasteiger partial charge is 0.0827 e. The SMILES string of the molecule is ClCCCCOC1CCCc2ccccc21. The molecule has 1 atom stereocenters. The van der Waals surface area contributed by atoms with E-state index in [0.29, 0.717) is 6.10 Å². The zero-order valence-corrected chi connectivity index (χ0v) is 10.4. The highest BCUT2D eigenvalue weighted by atomic mass is 35.5. The molecule has 1 unspecified atom stereocenters. The highest BCUT2D eigenvalue weighted by Gasteiger charge is 2.19. The molecular weight excluding hydrogens is 220 g/mol. The van der Waals surface area contributed by atoms with Gasteiger partial charge in [-0.3, -0.25) is 0 Å². The number of rotatable bonds is 5. The van der Waals surface area contributed by atoms with Gasteiger partial charge in [-0.05, 0) is 43.2 Å². The zero-order chi connectivity index (χ0) is 11.2. The molecule has 2 heteroatoms. The van der Waals surface area contributed by atoms with Crippen LogP contribution in [0.4, 0.5) is 0 Å². The number of aryl methyl sites for hydroxylation is 1. The van der Waals surface area contributed by atoms with Gasteiger partial charge in [0.1, 0.15) is 0 Å². The number of alkyl halides is 1. The van der Waals surface area contributed by atoms with Gasteiger partial charge in [0, 0.05) is 12.5 Å². The molecule has 0 radical (unpaired) electrons. The van der Waals surface area contributed by atoms with Crippen molar-refractivity contribution in [3.8, 4) is 0 Å². The summed E-state index contributed by atoms with van der Waals surface area (Å²) in [6, 6.07) is 8.66. The summed E-state index contributed by atoms with van der Waals surface area (Å²) in [6.07, 6.45) is 6.06. The number of halogens is 1. The normalized spacial score (nSPS) is 19.4. The van der Waals surface area contributed by atoms with E-state index in [9.17, 15) is 0 Å². The Bertz CT molecular complexity index is 324. The van der Waals surface area contributed by atoms with Crippen LogP contribution in [0.2, 0.25) is 0 Å². The van der Waals surface area contributed by atoms with Crippen LogP contribution in [-0.2, 0) is 11.2 Å². The fraction of sp³-hybridized carbons (Fsp3) is 0.571. The molecule has 0 spiro atoms. The largest absolute Gasteiger partial charge is 0.374 e. The highest BCUT2D eigenvalue weighted by molar-refractivity contribution is 6.17. The van der Waals surface area contributed by atoms with Gasteiger partial charge in [0.2, 0.25) is 0 Å². The number of benzene rings is 1. The molecule has 16 heavy (non-hydrogen) atoms. The molecule has 0 aromatic heterocycles. The molecule has 1 aliphatic carbocycles. The molecule has 88 valence electrons. The Morgan fingerprint density at radius 1 is 1.25 bits per heavy atom. The molecule has 0 saturated heterocycles. The van der Waals surface area contributed by atoms with Gasteiger partial charge >= 0.3 is 0 Å². The first-order chi connectivity index (χ1) is 7.92. The van der Waals surface area contributed by atoms with Gasteiger partial charge in [-0.15, -0.1) is 11.6 Å². The third-order valence-corrected chi connectivity index (χ3v) is 3.43. The average Bonchev–Trinajstić information content (AvgIpc) is 2.35. The van der Waals surface area contributed by atoms with Gasteiger partial charge < -0.3 is 4.74 Å². The third kappa shape index (κ3) is 2.99. The van der Waals surface area contributed by atoms with E-state index in [1.807, 2.05) is 0 Å². The standard InChI is InChI=1S/C14H19ClO/c15-10-3-4-11-16-14-9-5-7-12-6-1-2-8-13(12)14/h1-2,6,8,14H,3-5,7,9-11H2. The predicted octanol–water partition coefficient (Wildman–Crippen LogP) is 4.10. The molecule has 2 rings (SSSR count). The lowest BCUT2D eigenvalue weighted by Crippen LogP contribution is -2.13. The van der Waals surface area contributed by atoms with Crippen LogP contribution >= 0.6 is 11.6 Å². The Kier molecular flexibility index (Phi) is 4.68. The molecule has 0 saturated carbocycles. The number of ether oxygens (including phenoxy) is 1. The van der Waals surface area contributed by atoms with Gasteiger partial charge in [-0.25, -0.2) is 0 Å². The van der Waals surface area contributed by atoms with Crippen molar-refractivity contribution in [2.45, 2.75) is 38.2 Å². The summed E-state index contributed by atoms with van der Waals surface area (Å²) in [6.45, 7) is 0.839. The third-order valence-electron chi connectivity index (χ3n) is 3.16. The van der Waals surface area contributed by atoms with E-state index in [0.717, 1.165) is 31.7 Å². The van der Waals surface area contributed by atoms with Crippen LogP contribution in [0.3, 0.4) is 0 Å². The van der Waals surface area contributed by atoms with E-state index in [-0.39, 0.29) is 0 Å². The first kappa shape index (κ1) is 11.9. The van der Waals surface area contributed by atoms with Crippen molar-refractivity contribution in [3.63, 3.8) is 0 Å². The van der Waals surface area contributed by atoms with Gasteiger partial charge in [0.15, 0.2) is 0 Å². The highest BCUT2D eigenvalue weighted by Crippen LogP contribution is 2.32. The minimum Gasteiger partial charge on any atom is -0.374 e. The van der Waals surface area contributed by atoms with E-state index < -0.39 is 0 Å². The van der Waals surface area contributed by atoms with E-state index >= 15 is 0 Å². The van der Waals surface area contributed by atoms with Crippen LogP contribution in [0, 0.1) is 0 Å². The summed E-state index contributed by atoms with van der Waals surface area (Å²) >= 11 is 5.65. The molecule has 0 heterocycles. The maximum Gasteiger partial charge on any atom is 0.0827 e. The van der Waals surface area contributed by atoms with Gasteiger partial charge in [-0.2, -0.15) is 0 Å². The van der Waals surface area contributed by atoms with Crippen molar-refractivity contribution in [1.29, 1.82) is 0 Å². The van der Waals surface area contributed by atoms with E-state index in [4.69, 9.17) is 16.3 Å². The van der Waals surface area contributed by atoms with Crippen molar-refractivity contribution in [2.24, 2.45) is 0 Å². The lowest BCUT2D eigenvalue weighted by atomic mass is 9.89. The minimum absolute atomic E-state index is 0.320. The van der Waals surface area contributed by atoms with Crippen molar-refractivity contribution in [3.05, 3.63) is 35.4 Å². The lowest BCUT2D eigenvalue weighted by molar-refractivity contribution is 0.0390. The number of hydrogen-bond donors (Lipinski definition) is 0. The van der Waals surface area contributed by atoms with Crippen LogP contribution in [-0.4, -0.2) is 12.5 Å². The number of unbranched alkanes of at least 4 members (excludes halogenated alkanes) is 1. The van der Waals surface area contributed by atoms with Crippen LogP contribution < -0.4 is 0 Å². The Balaban J connectivity index is 1.91. The molecule has 1 aromatic carbocycles. The molecule has 0 N–H and O–H groups in total. The Morgan fingerprint density at radius 2 is 2.12 bits per heavy atom. The second kappa shape index (κ2) is 6.27. The molecule has 1 nitrogen and oxygen atoms in total. The number of fused-ring (bicyclic) bond motifs is 1. The monoisotopic (exact) mass is 238 g/mol. The van der Waals surface area contributed by atoms with Crippen LogP contribution in [0.5, 0.6) is 0 Å². The van der Waals surface area contributed by atoms with Crippen molar-refractivity contribution >= 4 is 11.6 Å². The van der Waals surface area contributed by atoms with Crippen LogP contribution in [0.25, 0.3) is 0 Å². The van der Waals surface area contributed by atoms with Crippen molar-refractivity contribution in [2.75, 3.05) is 12.5 Å². The minimum atomic E-state index is 0.320. The lowest BCUT2D eigenvalue weighted by Gasteiger charge is -2.25. The van der Waals surface area contributed by atoms with Gasteiger partial charge in [-0.1, -0.05) is 24.3 Å². The maximum atomic E-state index is 5.95. The van der Waals surface area contributed by atoms with Crippen LogP contribution in [0.1, 0.15) is 42.9 Å². The number of hydrogen-bond acceptors (Lipinski definition) is 1. The van der Waals surface area contributed by atoms with E-state index in [2.05, 4.69) is 24.3 Å².